The van der Waals surface area contributed by atoms with Gasteiger partial charge >= 0.3 is 0 Å². The lowest BCUT2D eigenvalue weighted by Gasteiger charge is -2.37. The highest BCUT2D eigenvalue weighted by Crippen LogP contribution is 2.41. The second-order valence-corrected chi connectivity index (χ2v) is 6.84. The molecule has 0 atom stereocenters. The molecule has 20 heavy (non-hydrogen) atoms. The van der Waals surface area contributed by atoms with E-state index in [0.29, 0.717) is 0 Å². The van der Waals surface area contributed by atoms with Crippen LogP contribution < -0.4 is 10.6 Å². The molecule has 112 valence electrons. The summed E-state index contributed by atoms with van der Waals surface area (Å²) in [5.41, 5.74) is 0.208. The van der Waals surface area contributed by atoms with Crippen LogP contribution in [0.3, 0.4) is 0 Å². The Morgan fingerprint density at radius 3 is 2.65 bits per heavy atom. The molecule has 0 spiro atoms. The van der Waals surface area contributed by atoms with Crippen molar-refractivity contribution in [2.24, 2.45) is 5.92 Å². The summed E-state index contributed by atoms with van der Waals surface area (Å²) in [6.07, 6.45) is 6.36. The van der Waals surface area contributed by atoms with Gasteiger partial charge in [0.05, 0.1) is 5.92 Å². The molecule has 1 amide bonds. The minimum atomic E-state index is 0. The van der Waals surface area contributed by atoms with E-state index in [2.05, 4.69) is 28.1 Å². The molecule has 1 saturated carbocycles. The molecule has 0 unspecified atom stereocenters. The van der Waals surface area contributed by atoms with Crippen molar-refractivity contribution in [3.8, 4) is 0 Å². The SMILES string of the molecule is Cl.O=C(NCC1(c2cccs2)CCCCC1)C1CNC1. The molecular weight excluding hydrogens is 292 g/mol. The summed E-state index contributed by atoms with van der Waals surface area (Å²) in [7, 11) is 0. The molecule has 0 bridgehead atoms. The predicted molar refractivity (Wildman–Crippen MR) is 85.7 cm³/mol. The van der Waals surface area contributed by atoms with Crippen LogP contribution in [-0.4, -0.2) is 25.5 Å². The van der Waals surface area contributed by atoms with Gasteiger partial charge in [0.15, 0.2) is 0 Å². The van der Waals surface area contributed by atoms with E-state index in [-0.39, 0.29) is 29.6 Å². The van der Waals surface area contributed by atoms with E-state index in [1.165, 1.54) is 37.0 Å². The van der Waals surface area contributed by atoms with Gasteiger partial charge in [-0.3, -0.25) is 4.79 Å². The number of hydrogen-bond acceptors (Lipinski definition) is 3. The zero-order valence-electron chi connectivity index (χ0n) is 11.7. The molecule has 2 aliphatic rings. The topological polar surface area (TPSA) is 41.1 Å². The van der Waals surface area contributed by atoms with Crippen LogP contribution in [-0.2, 0) is 10.2 Å². The van der Waals surface area contributed by atoms with Crippen molar-refractivity contribution in [2.75, 3.05) is 19.6 Å². The number of hydrogen-bond donors (Lipinski definition) is 2. The summed E-state index contributed by atoms with van der Waals surface area (Å²) >= 11 is 1.84. The van der Waals surface area contributed by atoms with Crippen LogP contribution in [0.2, 0.25) is 0 Å². The smallest absolute Gasteiger partial charge is 0.225 e. The number of nitrogens with one attached hydrogen (secondary N) is 2. The van der Waals surface area contributed by atoms with Gasteiger partial charge in [-0.25, -0.2) is 0 Å². The predicted octanol–water partition coefficient (Wildman–Crippen LogP) is 2.71. The summed E-state index contributed by atoms with van der Waals surface area (Å²) in [5.74, 6) is 0.434. The van der Waals surface area contributed by atoms with Gasteiger partial charge in [0, 0.05) is 29.9 Å². The summed E-state index contributed by atoms with van der Waals surface area (Å²) in [6, 6.07) is 4.38. The second kappa shape index (κ2) is 6.92. The fraction of sp³-hybridized carbons (Fsp3) is 0.667. The van der Waals surface area contributed by atoms with Crippen molar-refractivity contribution in [1.29, 1.82) is 0 Å². The van der Waals surface area contributed by atoms with Gasteiger partial charge in [0.25, 0.3) is 0 Å². The number of carbonyl (C=O) groups is 1. The zero-order valence-corrected chi connectivity index (χ0v) is 13.3. The Bertz CT molecular complexity index is 425. The average molecular weight is 315 g/mol. The molecule has 1 aliphatic heterocycles. The van der Waals surface area contributed by atoms with Crippen LogP contribution in [0.25, 0.3) is 0 Å². The van der Waals surface area contributed by atoms with Crippen molar-refractivity contribution in [3.05, 3.63) is 22.4 Å². The van der Waals surface area contributed by atoms with E-state index in [4.69, 9.17) is 0 Å². The first-order chi connectivity index (χ1) is 9.30. The quantitative estimate of drug-likeness (QED) is 0.897. The molecule has 1 aliphatic carbocycles. The van der Waals surface area contributed by atoms with E-state index >= 15 is 0 Å². The molecular formula is C15H23ClN2OS. The Balaban J connectivity index is 0.00000147. The van der Waals surface area contributed by atoms with Crippen LogP contribution in [0.4, 0.5) is 0 Å². The maximum absolute atomic E-state index is 12.0. The number of rotatable bonds is 4. The van der Waals surface area contributed by atoms with Crippen LogP contribution in [0, 0.1) is 5.92 Å². The first-order valence-corrected chi connectivity index (χ1v) is 8.21. The fourth-order valence-electron chi connectivity index (χ4n) is 3.19. The molecule has 1 aromatic rings. The molecule has 2 fully saturated rings. The Labute approximate surface area is 130 Å². The third-order valence-electron chi connectivity index (χ3n) is 4.61. The van der Waals surface area contributed by atoms with Crippen molar-refractivity contribution >= 4 is 29.7 Å². The van der Waals surface area contributed by atoms with Gasteiger partial charge < -0.3 is 10.6 Å². The van der Waals surface area contributed by atoms with Gasteiger partial charge in [0.2, 0.25) is 5.91 Å². The van der Waals surface area contributed by atoms with Crippen LogP contribution >= 0.6 is 23.7 Å². The monoisotopic (exact) mass is 314 g/mol. The van der Waals surface area contributed by atoms with E-state index in [0.717, 1.165) is 19.6 Å². The highest BCUT2D eigenvalue weighted by molar-refractivity contribution is 7.10. The highest BCUT2D eigenvalue weighted by atomic mass is 35.5. The Kier molecular flexibility index (Phi) is 5.47. The van der Waals surface area contributed by atoms with Gasteiger partial charge in [-0.2, -0.15) is 0 Å². The van der Waals surface area contributed by atoms with Crippen LogP contribution in [0.1, 0.15) is 37.0 Å². The standard InChI is InChI=1S/C15H22N2OS.ClH/c18-14(12-9-16-10-12)17-11-15(6-2-1-3-7-15)13-5-4-8-19-13;/h4-5,8,12,16H,1-3,6-7,9-11H2,(H,17,18);1H. The summed E-state index contributed by atoms with van der Waals surface area (Å²) in [5, 5.41) is 8.53. The minimum Gasteiger partial charge on any atom is -0.355 e. The van der Waals surface area contributed by atoms with Crippen molar-refractivity contribution < 1.29 is 4.79 Å². The van der Waals surface area contributed by atoms with Crippen molar-refractivity contribution in [2.45, 2.75) is 37.5 Å². The van der Waals surface area contributed by atoms with E-state index < -0.39 is 0 Å². The lowest BCUT2D eigenvalue weighted by atomic mass is 9.73. The number of carbonyl (C=O) groups excluding carboxylic acids is 1. The normalized spacial score (nSPS) is 21.6. The summed E-state index contributed by atoms with van der Waals surface area (Å²) < 4.78 is 0. The summed E-state index contributed by atoms with van der Waals surface area (Å²) in [4.78, 5) is 13.5. The molecule has 0 radical (unpaired) electrons. The maximum Gasteiger partial charge on any atom is 0.225 e. The van der Waals surface area contributed by atoms with Gasteiger partial charge in [-0.15, -0.1) is 23.7 Å². The molecule has 1 saturated heterocycles. The lowest BCUT2D eigenvalue weighted by molar-refractivity contribution is -0.126. The van der Waals surface area contributed by atoms with Crippen molar-refractivity contribution in [3.63, 3.8) is 0 Å². The second-order valence-electron chi connectivity index (χ2n) is 5.89. The van der Waals surface area contributed by atoms with E-state index in [9.17, 15) is 4.79 Å². The van der Waals surface area contributed by atoms with Gasteiger partial charge in [0.1, 0.15) is 0 Å². The third-order valence-corrected chi connectivity index (χ3v) is 5.72. The molecule has 3 rings (SSSR count). The Morgan fingerprint density at radius 1 is 1.35 bits per heavy atom. The molecule has 2 heterocycles. The molecule has 2 N–H and O–H groups in total. The average Bonchev–Trinajstić information content (AvgIpc) is 2.90. The third kappa shape index (κ3) is 3.18. The number of halogens is 1. The number of amides is 1. The van der Waals surface area contributed by atoms with E-state index in [1.54, 1.807) is 0 Å². The Morgan fingerprint density at radius 2 is 2.10 bits per heavy atom. The van der Waals surface area contributed by atoms with Crippen molar-refractivity contribution in [1.82, 2.24) is 10.6 Å². The first kappa shape index (κ1) is 15.8. The molecule has 1 aromatic heterocycles. The highest BCUT2D eigenvalue weighted by Gasteiger charge is 2.36. The minimum absolute atomic E-state index is 0. The fourth-order valence-corrected chi connectivity index (χ4v) is 4.18. The molecule has 5 heteroatoms. The summed E-state index contributed by atoms with van der Waals surface area (Å²) in [6.45, 7) is 2.51. The van der Waals surface area contributed by atoms with Gasteiger partial charge in [-0.05, 0) is 24.3 Å². The van der Waals surface area contributed by atoms with Crippen LogP contribution in [0.5, 0.6) is 0 Å². The first-order valence-electron chi connectivity index (χ1n) is 7.33. The number of thiophene rings is 1. The lowest BCUT2D eigenvalue weighted by Crippen LogP contribution is -2.53. The van der Waals surface area contributed by atoms with Gasteiger partial charge in [-0.1, -0.05) is 25.3 Å². The zero-order chi connectivity index (χ0) is 13.1. The largest absolute Gasteiger partial charge is 0.355 e. The molecule has 0 aromatic carbocycles. The molecule has 3 nitrogen and oxygen atoms in total. The Hall–Kier alpha value is -0.580. The van der Waals surface area contributed by atoms with E-state index in [1.807, 2.05) is 11.3 Å². The van der Waals surface area contributed by atoms with Crippen LogP contribution in [0.15, 0.2) is 17.5 Å². The maximum atomic E-state index is 12.0.